The number of carbonyl (C=O) groups is 1. The summed E-state index contributed by atoms with van der Waals surface area (Å²) in [4.78, 5) is 22.9. The van der Waals surface area contributed by atoms with Crippen LogP contribution in [0.2, 0.25) is 0 Å². The lowest BCUT2D eigenvalue weighted by atomic mass is 10.1. The minimum absolute atomic E-state index is 0.131. The fourth-order valence-electron chi connectivity index (χ4n) is 2.51. The van der Waals surface area contributed by atoms with Gasteiger partial charge in [0.25, 0.3) is 0 Å². The van der Waals surface area contributed by atoms with Crippen molar-refractivity contribution in [2.75, 3.05) is 12.3 Å². The molecule has 2 N–H and O–H groups in total. The predicted octanol–water partition coefficient (Wildman–Crippen LogP) is 2.35. The number of aryl methyl sites for hydroxylation is 1. The van der Waals surface area contributed by atoms with Crippen molar-refractivity contribution in [3.63, 3.8) is 0 Å². The molecule has 3 heterocycles. The molecule has 2 aromatic heterocycles. The first kappa shape index (κ1) is 15.0. The molecule has 0 spiro atoms. The molecular weight excluding hydrogens is 300 g/mol. The van der Waals surface area contributed by atoms with Crippen molar-refractivity contribution in [2.24, 2.45) is 0 Å². The summed E-state index contributed by atoms with van der Waals surface area (Å²) in [6, 6.07) is 0. The van der Waals surface area contributed by atoms with Crippen LogP contribution in [0.5, 0.6) is 0 Å². The molecule has 1 aliphatic rings. The van der Waals surface area contributed by atoms with Crippen LogP contribution < -0.4 is 5.73 Å². The number of thiazole rings is 1. The molecule has 7 heteroatoms. The minimum atomic E-state index is 0.131. The Morgan fingerprint density at radius 1 is 1.50 bits per heavy atom. The van der Waals surface area contributed by atoms with E-state index in [4.69, 9.17) is 10.2 Å². The summed E-state index contributed by atoms with van der Waals surface area (Å²) in [5.74, 6) is 2.09. The number of carbonyl (C=O) groups excluding carboxylic acids is 1. The zero-order valence-electron chi connectivity index (χ0n) is 12.8. The Kier molecular flexibility index (Phi) is 4.15. The maximum Gasteiger partial charge on any atom is 0.223 e. The smallest absolute Gasteiger partial charge is 0.223 e. The lowest BCUT2D eigenvalue weighted by Gasteiger charge is -2.25. The molecule has 0 saturated heterocycles. The highest BCUT2D eigenvalue weighted by molar-refractivity contribution is 7.13. The fourth-order valence-corrected chi connectivity index (χ4v) is 3.11. The minimum Gasteiger partial charge on any atom is -0.445 e. The van der Waals surface area contributed by atoms with E-state index < -0.39 is 0 Å². The van der Waals surface area contributed by atoms with Crippen molar-refractivity contribution in [2.45, 2.75) is 45.6 Å². The average Bonchev–Trinajstić information content (AvgIpc) is 3.09. The van der Waals surface area contributed by atoms with Gasteiger partial charge in [0.05, 0.1) is 12.2 Å². The van der Waals surface area contributed by atoms with Crippen LogP contribution in [0.25, 0.3) is 0 Å². The van der Waals surface area contributed by atoms with Gasteiger partial charge in [-0.25, -0.2) is 9.97 Å². The van der Waals surface area contributed by atoms with E-state index in [9.17, 15) is 4.79 Å². The first-order valence-electron chi connectivity index (χ1n) is 7.49. The first-order chi connectivity index (χ1) is 10.5. The molecule has 22 heavy (non-hydrogen) atoms. The molecule has 0 atom stereocenters. The van der Waals surface area contributed by atoms with Gasteiger partial charge in [-0.3, -0.25) is 4.79 Å². The van der Waals surface area contributed by atoms with Crippen molar-refractivity contribution >= 4 is 22.4 Å². The molecule has 1 amide bonds. The highest BCUT2D eigenvalue weighted by atomic mass is 32.1. The molecule has 0 fully saturated rings. The maximum absolute atomic E-state index is 12.3. The zero-order valence-corrected chi connectivity index (χ0v) is 13.7. The van der Waals surface area contributed by atoms with Gasteiger partial charge in [-0.1, -0.05) is 13.8 Å². The van der Waals surface area contributed by atoms with Gasteiger partial charge < -0.3 is 15.1 Å². The van der Waals surface area contributed by atoms with E-state index >= 15 is 0 Å². The Hall–Kier alpha value is -1.89. The summed E-state index contributed by atoms with van der Waals surface area (Å²) in [6.07, 6.45) is 1.82. The Labute approximate surface area is 133 Å². The highest BCUT2D eigenvalue weighted by Gasteiger charge is 2.25. The van der Waals surface area contributed by atoms with Crippen LogP contribution in [-0.2, 0) is 24.2 Å². The van der Waals surface area contributed by atoms with Crippen LogP contribution in [0.15, 0.2) is 9.80 Å². The lowest BCUT2D eigenvalue weighted by molar-refractivity contribution is -0.132. The molecule has 6 nitrogen and oxygen atoms in total. The zero-order chi connectivity index (χ0) is 15.7. The van der Waals surface area contributed by atoms with Crippen LogP contribution in [0.4, 0.5) is 5.13 Å². The van der Waals surface area contributed by atoms with E-state index in [2.05, 4.69) is 23.8 Å². The van der Waals surface area contributed by atoms with Crippen LogP contribution in [0.3, 0.4) is 0 Å². The summed E-state index contributed by atoms with van der Waals surface area (Å²) in [6.45, 7) is 5.35. The van der Waals surface area contributed by atoms with Crippen LogP contribution in [0, 0.1) is 0 Å². The summed E-state index contributed by atoms with van der Waals surface area (Å²) in [5, 5.41) is 2.46. The van der Waals surface area contributed by atoms with Crippen molar-refractivity contribution in [1.29, 1.82) is 0 Å². The van der Waals surface area contributed by atoms with Crippen LogP contribution >= 0.6 is 11.3 Å². The third-order valence-electron chi connectivity index (χ3n) is 3.76. The number of nitrogens with zero attached hydrogens (tertiary/aromatic N) is 3. The van der Waals surface area contributed by atoms with Crippen LogP contribution in [0.1, 0.15) is 49.2 Å². The van der Waals surface area contributed by atoms with E-state index in [-0.39, 0.29) is 11.8 Å². The van der Waals surface area contributed by atoms with Crippen LogP contribution in [-0.4, -0.2) is 27.3 Å². The fraction of sp³-hybridized carbons (Fsp3) is 0.533. The monoisotopic (exact) mass is 320 g/mol. The topological polar surface area (TPSA) is 85.2 Å². The molecule has 0 aromatic carbocycles. The lowest BCUT2D eigenvalue weighted by Crippen LogP contribution is -2.35. The Morgan fingerprint density at radius 2 is 2.32 bits per heavy atom. The molecular formula is C15H20N4O2S. The third kappa shape index (κ3) is 3.14. The van der Waals surface area contributed by atoms with E-state index in [1.54, 1.807) is 0 Å². The van der Waals surface area contributed by atoms with Crippen molar-refractivity contribution in [3.05, 3.63) is 28.4 Å². The normalized spacial score (nSPS) is 14.4. The second-order valence-corrected chi connectivity index (χ2v) is 6.71. The van der Waals surface area contributed by atoms with Gasteiger partial charge >= 0.3 is 0 Å². The Balaban J connectivity index is 1.60. The number of nitrogens with two attached hydrogens (primary N) is 1. The van der Waals surface area contributed by atoms with E-state index in [1.807, 2.05) is 10.3 Å². The quantitative estimate of drug-likeness (QED) is 0.934. The SMILES string of the molecule is CC(C)c1nc2c(o1)CCN(C(=O)CCc1csc(N)n1)C2. The second-order valence-electron chi connectivity index (χ2n) is 5.82. The molecule has 0 bridgehead atoms. The molecule has 118 valence electrons. The van der Waals surface area contributed by atoms with Gasteiger partial charge in [-0.2, -0.15) is 0 Å². The summed E-state index contributed by atoms with van der Waals surface area (Å²) in [7, 11) is 0. The second kappa shape index (κ2) is 6.08. The van der Waals surface area contributed by atoms with Gasteiger partial charge in [0.1, 0.15) is 11.5 Å². The van der Waals surface area contributed by atoms with Crippen molar-refractivity contribution < 1.29 is 9.21 Å². The number of hydrogen-bond acceptors (Lipinski definition) is 6. The largest absolute Gasteiger partial charge is 0.445 e. The highest BCUT2D eigenvalue weighted by Crippen LogP contribution is 2.24. The van der Waals surface area contributed by atoms with Gasteiger partial charge in [0, 0.05) is 30.7 Å². The Morgan fingerprint density at radius 3 is 3.00 bits per heavy atom. The van der Waals surface area contributed by atoms with Gasteiger partial charge in [-0.15, -0.1) is 11.3 Å². The number of amides is 1. The predicted molar refractivity (Wildman–Crippen MR) is 84.6 cm³/mol. The standard InChI is InChI=1S/C15H20N4O2S/c1-9(2)14-18-11-7-19(6-5-12(11)21-14)13(20)4-3-10-8-22-15(16)17-10/h8-9H,3-7H2,1-2H3,(H2,16,17). The van der Waals surface area contributed by atoms with Gasteiger partial charge in [0.15, 0.2) is 11.0 Å². The molecule has 2 aromatic rings. The first-order valence-corrected chi connectivity index (χ1v) is 8.37. The number of anilines is 1. The molecule has 0 unspecified atom stereocenters. The van der Waals surface area contributed by atoms with Gasteiger partial charge in [0.2, 0.25) is 5.91 Å². The molecule has 1 aliphatic heterocycles. The molecule has 3 rings (SSSR count). The molecule has 0 radical (unpaired) electrons. The van der Waals surface area contributed by atoms with Crippen molar-refractivity contribution in [1.82, 2.24) is 14.9 Å². The van der Waals surface area contributed by atoms with Crippen molar-refractivity contribution in [3.8, 4) is 0 Å². The number of hydrogen-bond donors (Lipinski definition) is 1. The number of oxazole rings is 1. The average molecular weight is 320 g/mol. The van der Waals surface area contributed by atoms with E-state index in [1.165, 1.54) is 11.3 Å². The summed E-state index contributed by atoms with van der Waals surface area (Å²) < 4.78 is 5.76. The number of rotatable bonds is 4. The van der Waals surface area contributed by atoms with E-state index in [0.717, 1.165) is 29.5 Å². The van der Waals surface area contributed by atoms with Gasteiger partial charge in [-0.05, 0) is 6.42 Å². The van der Waals surface area contributed by atoms with E-state index in [0.29, 0.717) is 31.1 Å². The third-order valence-corrected chi connectivity index (χ3v) is 4.48. The number of fused-ring (bicyclic) bond motifs is 1. The summed E-state index contributed by atoms with van der Waals surface area (Å²) >= 11 is 1.41. The molecule has 0 aliphatic carbocycles. The molecule has 0 saturated carbocycles. The number of nitrogen functional groups attached to an aromatic ring is 1. The summed E-state index contributed by atoms with van der Waals surface area (Å²) in [5.41, 5.74) is 7.39. The Bertz CT molecular complexity index is 677. The number of aromatic nitrogens is 2. The maximum atomic E-state index is 12.3.